The third-order valence-corrected chi connectivity index (χ3v) is 5.50. The van der Waals surface area contributed by atoms with E-state index in [0.717, 1.165) is 0 Å². The van der Waals surface area contributed by atoms with Crippen LogP contribution in [0.4, 0.5) is 11.4 Å². The molecule has 3 rings (SSSR count). The SMILES string of the molecule is NC(=O)c1ccc(NC(=O)CSc2nc3ccc([N+](=O)[O-])cc3s2)cc1. The molecule has 0 aliphatic heterocycles. The molecule has 1 aromatic heterocycles. The summed E-state index contributed by atoms with van der Waals surface area (Å²) in [4.78, 5) is 37.7. The number of carbonyl (C=O) groups excluding carboxylic acids is 2. The van der Waals surface area contributed by atoms with Crippen LogP contribution in [0.5, 0.6) is 0 Å². The number of nitrogens with one attached hydrogen (secondary N) is 1. The van der Waals surface area contributed by atoms with Gasteiger partial charge in [-0.25, -0.2) is 4.98 Å². The normalized spacial score (nSPS) is 10.6. The van der Waals surface area contributed by atoms with E-state index < -0.39 is 10.8 Å². The van der Waals surface area contributed by atoms with Crippen LogP contribution >= 0.6 is 23.1 Å². The van der Waals surface area contributed by atoms with Crippen molar-refractivity contribution >= 4 is 56.5 Å². The van der Waals surface area contributed by atoms with Crippen LogP contribution in [-0.2, 0) is 4.79 Å². The highest BCUT2D eigenvalue weighted by Gasteiger charge is 2.12. The minimum Gasteiger partial charge on any atom is -0.366 e. The van der Waals surface area contributed by atoms with Gasteiger partial charge in [-0.3, -0.25) is 19.7 Å². The van der Waals surface area contributed by atoms with Crippen molar-refractivity contribution in [2.75, 3.05) is 11.1 Å². The van der Waals surface area contributed by atoms with E-state index in [1.165, 1.54) is 47.4 Å². The molecule has 0 unspecified atom stereocenters. The minimum absolute atomic E-state index is 0.00912. The van der Waals surface area contributed by atoms with E-state index >= 15 is 0 Å². The van der Waals surface area contributed by atoms with E-state index in [-0.39, 0.29) is 17.3 Å². The molecular weight excluding hydrogens is 376 g/mol. The molecule has 26 heavy (non-hydrogen) atoms. The molecule has 0 saturated heterocycles. The summed E-state index contributed by atoms with van der Waals surface area (Å²) in [5.41, 5.74) is 6.75. The largest absolute Gasteiger partial charge is 0.366 e. The molecule has 0 fully saturated rings. The number of amides is 2. The molecule has 0 radical (unpaired) electrons. The second-order valence-electron chi connectivity index (χ2n) is 5.17. The van der Waals surface area contributed by atoms with Crippen LogP contribution < -0.4 is 11.1 Å². The number of aromatic nitrogens is 1. The predicted octanol–water partition coefficient (Wildman–Crippen LogP) is 3.03. The highest BCUT2D eigenvalue weighted by molar-refractivity contribution is 8.01. The maximum atomic E-state index is 12.0. The van der Waals surface area contributed by atoms with Crippen molar-refractivity contribution in [1.29, 1.82) is 0 Å². The van der Waals surface area contributed by atoms with Gasteiger partial charge in [-0.1, -0.05) is 11.8 Å². The lowest BCUT2D eigenvalue weighted by Gasteiger charge is -2.04. The van der Waals surface area contributed by atoms with Crippen LogP contribution in [0.1, 0.15) is 10.4 Å². The van der Waals surface area contributed by atoms with Gasteiger partial charge in [0.15, 0.2) is 4.34 Å². The molecule has 8 nitrogen and oxygen atoms in total. The highest BCUT2D eigenvalue weighted by Crippen LogP contribution is 2.31. The first-order chi connectivity index (χ1) is 12.4. The van der Waals surface area contributed by atoms with Gasteiger partial charge in [0.05, 0.1) is 20.9 Å². The zero-order chi connectivity index (χ0) is 18.7. The number of thiazole rings is 1. The second-order valence-corrected chi connectivity index (χ2v) is 7.42. The van der Waals surface area contributed by atoms with Crippen LogP contribution in [0.25, 0.3) is 10.2 Å². The lowest BCUT2D eigenvalue weighted by atomic mass is 10.2. The number of primary amides is 1. The molecular formula is C16H12N4O4S2. The smallest absolute Gasteiger partial charge is 0.270 e. The first-order valence-corrected chi connectivity index (χ1v) is 9.10. The third kappa shape index (κ3) is 4.16. The van der Waals surface area contributed by atoms with Gasteiger partial charge in [-0.15, -0.1) is 11.3 Å². The number of benzene rings is 2. The topological polar surface area (TPSA) is 128 Å². The van der Waals surface area contributed by atoms with Crippen molar-refractivity contribution in [3.63, 3.8) is 0 Å². The van der Waals surface area contributed by atoms with Crippen LogP contribution in [0.2, 0.25) is 0 Å². The summed E-state index contributed by atoms with van der Waals surface area (Å²) in [6.45, 7) is 0. The average molecular weight is 388 g/mol. The molecule has 3 N–H and O–H groups in total. The fourth-order valence-electron chi connectivity index (χ4n) is 2.11. The lowest BCUT2D eigenvalue weighted by molar-refractivity contribution is -0.384. The Bertz CT molecular complexity index is 1000. The number of carbonyl (C=O) groups is 2. The molecule has 0 spiro atoms. The van der Waals surface area contributed by atoms with E-state index in [0.29, 0.717) is 25.8 Å². The number of nitro groups is 1. The molecule has 0 saturated carbocycles. The fourth-order valence-corrected chi connectivity index (χ4v) is 4.01. The number of nitrogens with zero attached hydrogens (tertiary/aromatic N) is 2. The number of fused-ring (bicyclic) bond motifs is 1. The summed E-state index contributed by atoms with van der Waals surface area (Å²) >= 11 is 2.55. The van der Waals surface area contributed by atoms with Gasteiger partial charge in [0, 0.05) is 23.4 Å². The quantitative estimate of drug-likeness (QED) is 0.379. The molecule has 0 atom stereocenters. The first kappa shape index (κ1) is 17.8. The number of anilines is 1. The molecule has 132 valence electrons. The zero-order valence-electron chi connectivity index (χ0n) is 13.2. The number of thioether (sulfide) groups is 1. The Hall–Kier alpha value is -2.98. The second kappa shape index (κ2) is 7.50. The van der Waals surface area contributed by atoms with E-state index in [4.69, 9.17) is 5.73 Å². The number of hydrogen-bond acceptors (Lipinski definition) is 7. The van der Waals surface area contributed by atoms with E-state index in [1.54, 1.807) is 18.2 Å². The molecule has 2 aromatic carbocycles. The van der Waals surface area contributed by atoms with Gasteiger partial charge in [0.1, 0.15) is 0 Å². The summed E-state index contributed by atoms with van der Waals surface area (Å²) < 4.78 is 1.35. The molecule has 2 amide bonds. The minimum atomic E-state index is -0.533. The maximum Gasteiger partial charge on any atom is 0.270 e. The van der Waals surface area contributed by atoms with Gasteiger partial charge in [-0.2, -0.15) is 0 Å². The van der Waals surface area contributed by atoms with Crippen molar-refractivity contribution in [1.82, 2.24) is 4.98 Å². The van der Waals surface area contributed by atoms with E-state index in [1.807, 2.05) is 0 Å². The Morgan fingerprint density at radius 3 is 2.62 bits per heavy atom. The Morgan fingerprint density at radius 1 is 1.23 bits per heavy atom. The number of nitro benzene ring substituents is 1. The van der Waals surface area contributed by atoms with Crippen LogP contribution in [0.3, 0.4) is 0 Å². The molecule has 1 heterocycles. The average Bonchev–Trinajstić information content (AvgIpc) is 3.02. The van der Waals surface area contributed by atoms with Gasteiger partial charge in [0.25, 0.3) is 5.69 Å². The molecule has 10 heteroatoms. The van der Waals surface area contributed by atoms with Crippen molar-refractivity contribution < 1.29 is 14.5 Å². The molecule has 0 aliphatic carbocycles. The number of non-ortho nitro benzene ring substituents is 1. The summed E-state index contributed by atoms with van der Waals surface area (Å²) in [7, 11) is 0. The van der Waals surface area contributed by atoms with Gasteiger partial charge in [-0.05, 0) is 30.3 Å². The van der Waals surface area contributed by atoms with Crippen LogP contribution in [0.15, 0.2) is 46.8 Å². The molecule has 0 aliphatic rings. The predicted molar refractivity (Wildman–Crippen MR) is 101 cm³/mol. The Labute approximate surface area is 155 Å². The number of hydrogen-bond donors (Lipinski definition) is 2. The summed E-state index contributed by atoms with van der Waals surface area (Å²) in [6.07, 6.45) is 0. The van der Waals surface area contributed by atoms with Gasteiger partial charge in [0.2, 0.25) is 11.8 Å². The molecule has 0 bridgehead atoms. The van der Waals surface area contributed by atoms with E-state index in [9.17, 15) is 19.7 Å². The summed E-state index contributed by atoms with van der Waals surface area (Å²) in [5, 5.41) is 13.5. The lowest BCUT2D eigenvalue weighted by Crippen LogP contribution is -2.14. The van der Waals surface area contributed by atoms with Crippen molar-refractivity contribution in [2.45, 2.75) is 4.34 Å². The highest BCUT2D eigenvalue weighted by atomic mass is 32.2. The number of rotatable bonds is 6. The third-order valence-electron chi connectivity index (χ3n) is 3.34. The number of nitrogens with two attached hydrogens (primary N) is 1. The maximum absolute atomic E-state index is 12.0. The Kier molecular flexibility index (Phi) is 5.14. The van der Waals surface area contributed by atoms with Gasteiger partial charge < -0.3 is 11.1 Å². The zero-order valence-corrected chi connectivity index (χ0v) is 14.8. The monoisotopic (exact) mass is 388 g/mol. The van der Waals surface area contributed by atoms with Crippen molar-refractivity contribution in [2.24, 2.45) is 5.73 Å². The van der Waals surface area contributed by atoms with Crippen molar-refractivity contribution in [3.8, 4) is 0 Å². The molecule has 3 aromatic rings. The summed E-state index contributed by atoms with van der Waals surface area (Å²) in [6, 6.07) is 10.7. The first-order valence-electron chi connectivity index (χ1n) is 7.30. The van der Waals surface area contributed by atoms with Crippen LogP contribution in [0, 0.1) is 10.1 Å². The van der Waals surface area contributed by atoms with Crippen LogP contribution in [-0.4, -0.2) is 27.5 Å². The Balaban J connectivity index is 1.61. The standard InChI is InChI=1S/C16H12N4O4S2/c17-15(22)9-1-3-10(4-2-9)18-14(21)8-25-16-19-12-6-5-11(20(23)24)7-13(12)26-16/h1-7H,8H2,(H2,17,22)(H,18,21). The fraction of sp³-hybridized carbons (Fsp3) is 0.0625. The summed E-state index contributed by atoms with van der Waals surface area (Å²) in [5.74, 6) is -0.624. The van der Waals surface area contributed by atoms with Crippen molar-refractivity contribution in [3.05, 3.63) is 58.1 Å². The van der Waals surface area contributed by atoms with Gasteiger partial charge >= 0.3 is 0 Å². The van der Waals surface area contributed by atoms with E-state index in [2.05, 4.69) is 10.3 Å². The Morgan fingerprint density at radius 2 is 1.96 bits per heavy atom.